The number of phenolic OH excluding ortho intramolecular Hbond substituents is 1. The number of rotatable bonds is 7. The Labute approximate surface area is 269 Å². The van der Waals surface area contributed by atoms with Crippen LogP contribution < -0.4 is 15.0 Å². The second kappa shape index (κ2) is 10.5. The van der Waals surface area contributed by atoms with Crippen molar-refractivity contribution >= 4 is 27.5 Å². The molecule has 1 aromatic heterocycles. The van der Waals surface area contributed by atoms with Gasteiger partial charge in [-0.1, -0.05) is 24.1 Å². The summed E-state index contributed by atoms with van der Waals surface area (Å²) in [7, 11) is 0. The fraction of sp³-hybridized carbons (Fsp3) is 0.474. The topological polar surface area (TPSA) is 73.8 Å². The molecule has 46 heavy (non-hydrogen) atoms. The highest BCUT2D eigenvalue weighted by molar-refractivity contribution is 6.04. The standard InChI is InChI=1S/C38H40FN5O2/c1-2-24-4-3-5-25-18-28(45)19-31(32(24)25)29-8-9-30-34(33(29)39)41-36(42-35(30)44-20-26-6-7-27(21-44)40-26)46-23-38(12-13-38)22-43-16-14-37(10-11-37)15-17-43/h1,3-5,8-9,18-19,26-27,40,45H,6-7,10-17,20-23H2. The van der Waals surface area contributed by atoms with E-state index in [4.69, 9.17) is 21.1 Å². The van der Waals surface area contributed by atoms with Crippen molar-refractivity contribution < 1.29 is 14.2 Å². The van der Waals surface area contributed by atoms with Gasteiger partial charge >= 0.3 is 6.01 Å². The number of likely N-dealkylation sites (tertiary alicyclic amines) is 1. The molecule has 2 saturated carbocycles. The normalized spacial score (nSPS) is 24.4. The Hall–Kier alpha value is -3.93. The fourth-order valence-electron chi connectivity index (χ4n) is 8.43. The Bertz CT molecular complexity index is 1890. The summed E-state index contributed by atoms with van der Waals surface area (Å²) in [4.78, 5) is 14.6. The summed E-state index contributed by atoms with van der Waals surface area (Å²) >= 11 is 0. The highest BCUT2D eigenvalue weighted by Gasteiger charge is 2.49. The summed E-state index contributed by atoms with van der Waals surface area (Å²) in [6.45, 7) is 5.58. The van der Waals surface area contributed by atoms with Crippen molar-refractivity contribution in [3.05, 3.63) is 53.8 Å². The highest BCUT2D eigenvalue weighted by Crippen LogP contribution is 2.55. The van der Waals surface area contributed by atoms with Gasteiger partial charge in [-0.2, -0.15) is 9.97 Å². The molecule has 2 atom stereocenters. The molecule has 7 nitrogen and oxygen atoms in total. The van der Waals surface area contributed by atoms with Crippen LogP contribution in [0.15, 0.2) is 42.5 Å². The van der Waals surface area contributed by atoms with Crippen molar-refractivity contribution in [3.8, 4) is 35.2 Å². The number of hydrogen-bond donors (Lipinski definition) is 2. The lowest BCUT2D eigenvalue weighted by Crippen LogP contribution is -2.51. The van der Waals surface area contributed by atoms with Crippen LogP contribution in [0.4, 0.5) is 10.2 Å². The molecule has 1 spiro atoms. The van der Waals surface area contributed by atoms with E-state index in [1.807, 2.05) is 24.3 Å². The van der Waals surface area contributed by atoms with E-state index in [0.29, 0.717) is 46.2 Å². The van der Waals surface area contributed by atoms with Gasteiger partial charge in [0.05, 0.1) is 6.61 Å². The molecule has 2 aliphatic carbocycles. The molecule has 0 radical (unpaired) electrons. The van der Waals surface area contributed by atoms with Crippen molar-refractivity contribution in [2.75, 3.05) is 44.2 Å². The summed E-state index contributed by atoms with van der Waals surface area (Å²) < 4.78 is 23.3. The Balaban J connectivity index is 1.09. The van der Waals surface area contributed by atoms with E-state index in [1.165, 1.54) is 38.8 Å². The second-order valence-electron chi connectivity index (χ2n) is 14.8. The molecule has 2 N–H and O–H groups in total. The molecule has 5 fully saturated rings. The number of piperazine rings is 1. The zero-order valence-electron chi connectivity index (χ0n) is 26.2. The summed E-state index contributed by atoms with van der Waals surface area (Å²) in [5.74, 6) is 3.05. The number of hydrogen-bond acceptors (Lipinski definition) is 7. The predicted molar refractivity (Wildman–Crippen MR) is 179 cm³/mol. The van der Waals surface area contributed by atoms with Crippen molar-refractivity contribution in [2.24, 2.45) is 10.8 Å². The minimum atomic E-state index is -0.466. The highest BCUT2D eigenvalue weighted by atomic mass is 19.1. The van der Waals surface area contributed by atoms with E-state index in [0.717, 1.165) is 61.9 Å². The molecule has 4 aromatic rings. The third kappa shape index (κ3) is 4.96. The Kier molecular flexibility index (Phi) is 6.49. The van der Waals surface area contributed by atoms with Crippen molar-refractivity contribution in [2.45, 2.75) is 63.5 Å². The molecule has 3 aromatic carbocycles. The van der Waals surface area contributed by atoms with Crippen LogP contribution in [-0.2, 0) is 0 Å². The maximum absolute atomic E-state index is 16.9. The quantitative estimate of drug-likeness (QED) is 0.238. The molecule has 8 heteroatoms. The number of nitrogens with zero attached hydrogens (tertiary/aromatic N) is 4. The maximum atomic E-state index is 16.9. The van der Waals surface area contributed by atoms with Gasteiger partial charge in [0.2, 0.25) is 0 Å². The average molecular weight is 618 g/mol. The van der Waals surface area contributed by atoms with E-state index < -0.39 is 5.82 Å². The number of aromatic hydroxyl groups is 1. The largest absolute Gasteiger partial charge is 0.508 e. The molecule has 4 heterocycles. The first kappa shape index (κ1) is 28.3. The Morgan fingerprint density at radius 1 is 0.978 bits per heavy atom. The summed E-state index contributed by atoms with van der Waals surface area (Å²) in [5.41, 5.74) is 2.54. The van der Waals surface area contributed by atoms with Crippen LogP contribution in [-0.4, -0.2) is 71.4 Å². The number of nitrogens with one attached hydrogen (secondary N) is 1. The smallest absolute Gasteiger partial charge is 0.319 e. The van der Waals surface area contributed by atoms with Gasteiger partial charge in [0.15, 0.2) is 5.82 Å². The zero-order valence-corrected chi connectivity index (χ0v) is 26.2. The molecular weight excluding hydrogens is 577 g/mol. The van der Waals surface area contributed by atoms with Gasteiger partial charge < -0.3 is 25.0 Å². The molecule has 3 aliphatic heterocycles. The van der Waals surface area contributed by atoms with Gasteiger partial charge in [0.1, 0.15) is 17.1 Å². The third-order valence-electron chi connectivity index (χ3n) is 11.6. The lowest BCUT2D eigenvalue weighted by molar-refractivity contribution is 0.115. The van der Waals surface area contributed by atoms with Crippen LogP contribution in [0.25, 0.3) is 32.8 Å². The minimum absolute atomic E-state index is 0.0515. The number of aromatic nitrogens is 2. The van der Waals surface area contributed by atoms with E-state index >= 15 is 4.39 Å². The number of benzene rings is 3. The molecule has 9 rings (SSSR count). The van der Waals surface area contributed by atoms with Crippen LogP contribution in [0.1, 0.15) is 56.9 Å². The Morgan fingerprint density at radius 2 is 1.76 bits per heavy atom. The number of ether oxygens (including phenoxy) is 1. The number of anilines is 1. The molecule has 3 saturated heterocycles. The lowest BCUT2D eigenvalue weighted by atomic mass is 9.93. The van der Waals surface area contributed by atoms with Crippen LogP contribution in [0, 0.1) is 29.0 Å². The van der Waals surface area contributed by atoms with Crippen molar-refractivity contribution in [3.63, 3.8) is 0 Å². The number of phenols is 1. The summed E-state index contributed by atoms with van der Waals surface area (Å²) in [5, 5.41) is 16.5. The first-order chi connectivity index (χ1) is 22.4. The molecule has 2 unspecified atom stereocenters. The SMILES string of the molecule is C#Cc1cccc2cc(O)cc(-c3ccc4c(N5CC6CCC(C5)N6)nc(OCC5(CN6CCC7(CC6)CC7)CC5)nc4c3F)c12. The number of halogens is 1. The number of terminal acetylenes is 1. The average Bonchev–Trinajstić information content (AvgIpc) is 3.99. The van der Waals surface area contributed by atoms with Gasteiger partial charge in [-0.25, -0.2) is 4.39 Å². The van der Waals surface area contributed by atoms with Crippen LogP contribution >= 0.6 is 0 Å². The second-order valence-corrected chi connectivity index (χ2v) is 14.8. The molecule has 5 aliphatic rings. The maximum Gasteiger partial charge on any atom is 0.319 e. The van der Waals surface area contributed by atoms with Gasteiger partial charge in [0, 0.05) is 59.0 Å². The van der Waals surface area contributed by atoms with Gasteiger partial charge in [-0.15, -0.1) is 6.42 Å². The predicted octanol–water partition coefficient (Wildman–Crippen LogP) is 6.25. The lowest BCUT2D eigenvalue weighted by Gasteiger charge is -2.35. The van der Waals surface area contributed by atoms with Crippen molar-refractivity contribution in [1.29, 1.82) is 0 Å². The van der Waals surface area contributed by atoms with Crippen LogP contribution in [0.3, 0.4) is 0 Å². The monoisotopic (exact) mass is 617 g/mol. The minimum Gasteiger partial charge on any atom is -0.508 e. The van der Waals surface area contributed by atoms with Crippen LogP contribution in [0.5, 0.6) is 11.8 Å². The van der Waals surface area contributed by atoms with Gasteiger partial charge in [-0.05, 0) is 105 Å². The fourth-order valence-corrected chi connectivity index (χ4v) is 8.43. The van der Waals surface area contributed by atoms with E-state index in [2.05, 4.69) is 21.0 Å². The van der Waals surface area contributed by atoms with E-state index in [9.17, 15) is 5.11 Å². The van der Waals surface area contributed by atoms with Gasteiger partial charge in [0.25, 0.3) is 0 Å². The molecule has 0 amide bonds. The van der Waals surface area contributed by atoms with Crippen molar-refractivity contribution in [1.82, 2.24) is 20.2 Å². The third-order valence-corrected chi connectivity index (χ3v) is 11.6. The van der Waals surface area contributed by atoms with E-state index in [-0.39, 0.29) is 22.7 Å². The molecule has 2 bridgehead atoms. The first-order valence-electron chi connectivity index (χ1n) is 17.0. The Morgan fingerprint density at radius 3 is 2.48 bits per heavy atom. The summed E-state index contributed by atoms with van der Waals surface area (Å²) in [6.07, 6.45) is 15.9. The molecule has 236 valence electrons. The van der Waals surface area contributed by atoms with E-state index in [1.54, 1.807) is 18.2 Å². The van der Waals surface area contributed by atoms with Crippen LogP contribution in [0.2, 0.25) is 0 Å². The zero-order chi connectivity index (χ0) is 31.0. The molecular formula is C38H40FN5O2. The van der Waals surface area contributed by atoms with Gasteiger partial charge in [-0.3, -0.25) is 0 Å². The number of piperidine rings is 1. The summed E-state index contributed by atoms with van der Waals surface area (Å²) in [6, 6.07) is 13.5. The first-order valence-corrected chi connectivity index (χ1v) is 17.0. The number of fused-ring (bicyclic) bond motifs is 4.